The second kappa shape index (κ2) is 11.3. The number of hydrogen-bond donors (Lipinski definition) is 1. The summed E-state index contributed by atoms with van der Waals surface area (Å²) in [7, 11) is 1.47. The fourth-order valence-corrected chi connectivity index (χ4v) is 5.09. The van der Waals surface area contributed by atoms with E-state index in [2.05, 4.69) is 27.4 Å². The van der Waals surface area contributed by atoms with E-state index in [1.54, 1.807) is 18.6 Å². The van der Waals surface area contributed by atoms with Gasteiger partial charge in [0.25, 0.3) is 5.91 Å². The molecule has 1 aliphatic rings. The number of ether oxygens (including phenoxy) is 1. The van der Waals surface area contributed by atoms with E-state index < -0.39 is 0 Å². The number of aryl methyl sites for hydroxylation is 2. The summed E-state index contributed by atoms with van der Waals surface area (Å²) in [5, 5.41) is 2.85. The quantitative estimate of drug-likeness (QED) is 0.384. The van der Waals surface area contributed by atoms with E-state index in [9.17, 15) is 9.59 Å². The van der Waals surface area contributed by atoms with Crippen molar-refractivity contribution in [3.8, 4) is 0 Å². The smallest absolute Gasteiger partial charge is 0.256 e. The molecular weight excluding hydrogens is 466 g/mol. The first-order valence-corrected chi connectivity index (χ1v) is 12.7. The topological polar surface area (TPSA) is 89.3 Å². The van der Waals surface area contributed by atoms with Gasteiger partial charge in [-0.2, -0.15) is 0 Å². The van der Waals surface area contributed by atoms with Crippen molar-refractivity contribution in [3.05, 3.63) is 90.0 Å². The Morgan fingerprint density at radius 2 is 1.97 bits per heavy atom. The van der Waals surface area contributed by atoms with Gasteiger partial charge in [0.15, 0.2) is 0 Å². The number of hydrogen-bond acceptors (Lipinski definition) is 5. The highest BCUT2D eigenvalue weighted by atomic mass is 16.5. The third-order valence-electron chi connectivity index (χ3n) is 6.82. The van der Waals surface area contributed by atoms with E-state index in [4.69, 9.17) is 4.74 Å². The van der Waals surface area contributed by atoms with Crippen LogP contribution in [0, 0.1) is 0 Å². The number of nitrogens with zero attached hydrogens (tertiary/aromatic N) is 4. The number of benzene rings is 2. The molecule has 4 aromatic rings. The van der Waals surface area contributed by atoms with Gasteiger partial charge in [0.05, 0.1) is 29.0 Å². The summed E-state index contributed by atoms with van der Waals surface area (Å²) in [6, 6.07) is 17.7. The van der Waals surface area contributed by atoms with Crippen LogP contribution in [0.4, 0.5) is 5.69 Å². The highest BCUT2D eigenvalue weighted by Crippen LogP contribution is 2.34. The molecule has 1 saturated heterocycles. The second-order valence-corrected chi connectivity index (χ2v) is 9.34. The molecule has 1 atom stereocenters. The average molecular weight is 498 g/mol. The molecule has 0 aliphatic carbocycles. The molecule has 2 aromatic heterocycles. The number of fused-ring (bicyclic) bond motifs is 1. The van der Waals surface area contributed by atoms with Crippen molar-refractivity contribution in [2.24, 2.45) is 0 Å². The predicted octanol–water partition coefficient (Wildman–Crippen LogP) is 4.63. The fourth-order valence-electron chi connectivity index (χ4n) is 5.09. The number of rotatable bonds is 8. The van der Waals surface area contributed by atoms with Crippen LogP contribution in [0.25, 0.3) is 11.0 Å². The molecule has 0 radical (unpaired) electrons. The zero-order valence-corrected chi connectivity index (χ0v) is 21.0. The lowest BCUT2D eigenvalue weighted by atomic mass is 9.95. The first kappa shape index (κ1) is 24.6. The lowest BCUT2D eigenvalue weighted by Gasteiger charge is -2.36. The Hall–Kier alpha value is -4.04. The molecular formula is C29H31N5O3. The predicted molar refractivity (Wildman–Crippen MR) is 142 cm³/mol. The molecule has 0 unspecified atom stereocenters. The maximum Gasteiger partial charge on any atom is 0.256 e. The van der Waals surface area contributed by atoms with Gasteiger partial charge < -0.3 is 19.5 Å². The van der Waals surface area contributed by atoms with Gasteiger partial charge in [0, 0.05) is 38.3 Å². The van der Waals surface area contributed by atoms with Gasteiger partial charge in [-0.25, -0.2) is 4.98 Å². The molecule has 0 bridgehead atoms. The van der Waals surface area contributed by atoms with Gasteiger partial charge in [-0.15, -0.1) is 0 Å². The number of amides is 2. The normalized spacial score (nSPS) is 15.6. The Morgan fingerprint density at radius 3 is 2.76 bits per heavy atom. The first-order chi connectivity index (χ1) is 18.1. The monoisotopic (exact) mass is 497 g/mol. The molecule has 1 aliphatic heterocycles. The number of anilines is 1. The van der Waals surface area contributed by atoms with Crippen LogP contribution in [-0.4, -0.2) is 51.5 Å². The lowest BCUT2D eigenvalue weighted by Crippen LogP contribution is -2.38. The largest absolute Gasteiger partial charge is 0.375 e. The van der Waals surface area contributed by atoms with Crippen LogP contribution in [0.5, 0.6) is 0 Å². The van der Waals surface area contributed by atoms with Crippen LogP contribution < -0.4 is 5.32 Å². The molecule has 2 amide bonds. The Kier molecular flexibility index (Phi) is 7.56. The number of piperidine rings is 1. The SMILES string of the molecule is COCC(=O)Nc1cc(C(=O)N2CCCC[C@H]2c2cccnc2)c2c(c1)ncn2CCc1ccccc1. The number of likely N-dealkylation sites (tertiary alicyclic amines) is 1. The maximum atomic E-state index is 14.2. The van der Waals surface area contributed by atoms with Gasteiger partial charge in [-0.1, -0.05) is 36.4 Å². The minimum Gasteiger partial charge on any atom is -0.375 e. The highest BCUT2D eigenvalue weighted by Gasteiger charge is 2.31. The Balaban J connectivity index is 1.53. The van der Waals surface area contributed by atoms with Crippen molar-refractivity contribution in [1.82, 2.24) is 19.4 Å². The molecule has 0 spiro atoms. The molecule has 3 heterocycles. The van der Waals surface area contributed by atoms with Crippen LogP contribution in [-0.2, 0) is 22.5 Å². The van der Waals surface area contributed by atoms with E-state index in [1.165, 1.54) is 12.7 Å². The molecule has 190 valence electrons. The number of imidazole rings is 1. The third-order valence-corrected chi connectivity index (χ3v) is 6.82. The minimum absolute atomic E-state index is 0.0440. The molecule has 2 aromatic carbocycles. The number of carbonyl (C=O) groups excluding carboxylic acids is 2. The number of pyridine rings is 1. The van der Waals surface area contributed by atoms with Gasteiger partial charge in [0.1, 0.15) is 6.61 Å². The number of aromatic nitrogens is 3. The van der Waals surface area contributed by atoms with E-state index in [1.807, 2.05) is 52.1 Å². The Labute approximate surface area is 216 Å². The van der Waals surface area contributed by atoms with Gasteiger partial charge >= 0.3 is 0 Å². The standard InChI is InChI=1S/C29H31N5O3/c1-37-19-27(35)32-23-16-24(29(36)34-14-6-5-11-26(34)22-10-7-13-30-18-22)28-25(17-23)31-20-33(28)15-12-21-8-3-2-4-9-21/h2-4,7-10,13,16-18,20,26H,5-6,11-12,14-15,19H2,1H3,(H,32,35)/t26-/m0/s1. The van der Waals surface area contributed by atoms with Crippen molar-refractivity contribution < 1.29 is 14.3 Å². The third kappa shape index (κ3) is 5.54. The van der Waals surface area contributed by atoms with Crippen molar-refractivity contribution in [2.45, 2.75) is 38.3 Å². The first-order valence-electron chi connectivity index (χ1n) is 12.7. The summed E-state index contributed by atoms with van der Waals surface area (Å²) < 4.78 is 7.01. The summed E-state index contributed by atoms with van der Waals surface area (Å²) in [6.07, 6.45) is 9.08. The van der Waals surface area contributed by atoms with Crippen LogP contribution in [0.2, 0.25) is 0 Å². The van der Waals surface area contributed by atoms with Crippen molar-refractivity contribution in [1.29, 1.82) is 0 Å². The van der Waals surface area contributed by atoms with E-state index in [0.29, 0.717) is 29.9 Å². The van der Waals surface area contributed by atoms with Crippen LogP contribution in [0.3, 0.4) is 0 Å². The Morgan fingerprint density at radius 1 is 1.11 bits per heavy atom. The summed E-state index contributed by atoms with van der Waals surface area (Å²) in [5.41, 5.74) is 4.76. The zero-order chi connectivity index (χ0) is 25.6. The van der Waals surface area contributed by atoms with E-state index in [0.717, 1.165) is 36.8 Å². The van der Waals surface area contributed by atoms with Crippen molar-refractivity contribution >= 4 is 28.5 Å². The van der Waals surface area contributed by atoms with E-state index in [-0.39, 0.29) is 24.5 Å². The fraction of sp³-hybridized carbons (Fsp3) is 0.310. The van der Waals surface area contributed by atoms with Gasteiger partial charge in [-0.05, 0) is 55.0 Å². The molecule has 8 heteroatoms. The van der Waals surface area contributed by atoms with Crippen molar-refractivity contribution in [2.75, 3.05) is 25.6 Å². The summed E-state index contributed by atoms with van der Waals surface area (Å²) in [6.45, 7) is 1.28. The average Bonchev–Trinajstić information content (AvgIpc) is 3.35. The lowest BCUT2D eigenvalue weighted by molar-refractivity contribution is -0.119. The highest BCUT2D eigenvalue weighted by molar-refractivity contribution is 6.07. The number of nitrogens with one attached hydrogen (secondary N) is 1. The van der Waals surface area contributed by atoms with Crippen LogP contribution in [0.15, 0.2) is 73.3 Å². The Bertz CT molecular complexity index is 1370. The maximum absolute atomic E-state index is 14.2. The number of carbonyl (C=O) groups is 2. The van der Waals surface area contributed by atoms with Gasteiger partial charge in [0.2, 0.25) is 5.91 Å². The zero-order valence-electron chi connectivity index (χ0n) is 21.0. The summed E-state index contributed by atoms with van der Waals surface area (Å²) >= 11 is 0. The molecule has 37 heavy (non-hydrogen) atoms. The molecule has 1 N–H and O–H groups in total. The van der Waals surface area contributed by atoms with Gasteiger partial charge in [-0.3, -0.25) is 14.6 Å². The summed E-state index contributed by atoms with van der Waals surface area (Å²) in [5.74, 6) is -0.349. The van der Waals surface area contributed by atoms with Crippen LogP contribution >= 0.6 is 0 Å². The minimum atomic E-state index is -0.282. The molecule has 1 fully saturated rings. The summed E-state index contributed by atoms with van der Waals surface area (Å²) in [4.78, 5) is 37.3. The molecule has 0 saturated carbocycles. The molecule has 5 rings (SSSR count). The van der Waals surface area contributed by atoms with Crippen molar-refractivity contribution in [3.63, 3.8) is 0 Å². The second-order valence-electron chi connectivity index (χ2n) is 9.34. The molecule has 8 nitrogen and oxygen atoms in total. The number of methoxy groups -OCH3 is 1. The van der Waals surface area contributed by atoms with E-state index >= 15 is 0 Å². The van der Waals surface area contributed by atoms with Crippen LogP contribution in [0.1, 0.15) is 46.8 Å².